The van der Waals surface area contributed by atoms with E-state index in [1.54, 1.807) is 0 Å². The fourth-order valence-electron chi connectivity index (χ4n) is 8.66. The highest BCUT2D eigenvalue weighted by atomic mass is 19.2. The number of aromatic hydroxyl groups is 2. The second-order valence-electron chi connectivity index (χ2n) is 16.6. The van der Waals surface area contributed by atoms with Crippen molar-refractivity contribution in [1.82, 2.24) is 4.98 Å². The monoisotopic (exact) mass is 1000 g/mol. The molecule has 4 unspecified atom stereocenters. The van der Waals surface area contributed by atoms with E-state index >= 15 is 35.1 Å². The molecular formula is C51H37F8N3O10. The Bertz CT molecular complexity index is 3300. The van der Waals surface area contributed by atoms with Gasteiger partial charge in [-0.05, 0) is 77.2 Å². The van der Waals surface area contributed by atoms with Crippen molar-refractivity contribution in [3.05, 3.63) is 188 Å². The summed E-state index contributed by atoms with van der Waals surface area (Å²) in [6, 6.07) is 13.1. The van der Waals surface area contributed by atoms with Crippen molar-refractivity contribution >= 4 is 33.7 Å². The topological polar surface area (TPSA) is 221 Å². The van der Waals surface area contributed by atoms with E-state index in [0.29, 0.717) is 0 Å². The second kappa shape index (κ2) is 19.5. The molecule has 1 aromatic heterocycles. The lowest BCUT2D eigenvalue weighted by Gasteiger charge is -2.19. The number of benzene rings is 4. The molecule has 0 radical (unpaired) electrons. The molecule has 3 aliphatic heterocycles. The second-order valence-corrected chi connectivity index (χ2v) is 16.6. The molecule has 0 saturated heterocycles. The highest BCUT2D eigenvalue weighted by Gasteiger charge is 2.42. The summed E-state index contributed by atoms with van der Waals surface area (Å²) >= 11 is 0. The smallest absolute Gasteiger partial charge is 0.204 e. The number of rotatable bonds is 12. The number of phenols is 2. The largest absolute Gasteiger partial charge is 0.508 e. The highest BCUT2D eigenvalue weighted by molar-refractivity contribution is 6.33. The molecule has 0 saturated carbocycles. The van der Waals surface area contributed by atoms with Crippen LogP contribution in [0.1, 0.15) is 40.1 Å². The predicted octanol–water partition coefficient (Wildman–Crippen LogP) is 6.59. The van der Waals surface area contributed by atoms with Crippen LogP contribution in [-0.4, -0.2) is 108 Å². The number of aliphatic hydroxyl groups is 6. The maximum atomic E-state index is 16.6. The zero-order chi connectivity index (χ0) is 51.4. The molecule has 21 heteroatoms. The highest BCUT2D eigenvalue weighted by Crippen LogP contribution is 2.46. The molecular weight excluding hydrogens is 967 g/mol. The Morgan fingerprint density at radius 2 is 1.03 bits per heavy atom. The average molecular weight is 1000 g/mol. The zero-order valence-electron chi connectivity index (χ0n) is 36.7. The van der Waals surface area contributed by atoms with Crippen LogP contribution in [0, 0.1) is 46.5 Å². The number of ether oxygens (including phenoxy) is 2. The molecule has 4 heterocycles. The maximum absolute atomic E-state index is 16.6. The first-order valence-corrected chi connectivity index (χ1v) is 21.6. The zero-order valence-corrected chi connectivity index (χ0v) is 36.7. The summed E-state index contributed by atoms with van der Waals surface area (Å²) in [5.74, 6) is -20.2. The third-order valence-electron chi connectivity index (χ3n) is 12.0. The Hall–Kier alpha value is -7.66. The molecule has 4 atom stereocenters. The lowest BCUT2D eigenvalue weighted by atomic mass is 9.89. The lowest BCUT2D eigenvalue weighted by molar-refractivity contribution is 0.0503. The van der Waals surface area contributed by atoms with Crippen molar-refractivity contribution in [3.63, 3.8) is 0 Å². The Balaban J connectivity index is 1.38. The quantitative estimate of drug-likeness (QED) is 0.0482. The third kappa shape index (κ3) is 8.58. The van der Waals surface area contributed by atoms with Gasteiger partial charge in [-0.1, -0.05) is 36.4 Å². The van der Waals surface area contributed by atoms with Crippen LogP contribution < -0.4 is 9.47 Å². The number of hydrogen-bond donors (Lipinski definition) is 9. The van der Waals surface area contributed by atoms with E-state index in [0.717, 1.165) is 6.07 Å². The summed E-state index contributed by atoms with van der Waals surface area (Å²) in [6.07, 6.45) is -3.11. The van der Waals surface area contributed by atoms with E-state index < -0.39 is 155 Å². The number of aromatic nitrogens is 1. The van der Waals surface area contributed by atoms with Gasteiger partial charge in [-0.25, -0.2) is 22.6 Å². The minimum atomic E-state index is -2.27. The number of aliphatic imine (C=N–C) groups is 2. The summed E-state index contributed by atoms with van der Waals surface area (Å²) in [6.45, 7) is -3.84. The summed E-state index contributed by atoms with van der Waals surface area (Å²) in [4.78, 5) is 12.0. The fraction of sp³-hybridized carbons (Fsp3) is 0.176. The summed E-state index contributed by atoms with van der Waals surface area (Å²) < 4.78 is 140. The molecule has 4 aliphatic rings. The van der Waals surface area contributed by atoms with E-state index in [4.69, 9.17) is 9.47 Å². The molecule has 13 nitrogen and oxygen atoms in total. The van der Waals surface area contributed by atoms with Gasteiger partial charge in [-0.3, -0.25) is 4.99 Å². The summed E-state index contributed by atoms with van der Waals surface area (Å²) in [5, 5.41) is 83.1. The third-order valence-corrected chi connectivity index (χ3v) is 12.0. The van der Waals surface area contributed by atoms with Gasteiger partial charge >= 0.3 is 0 Å². The van der Waals surface area contributed by atoms with Gasteiger partial charge in [0.25, 0.3) is 0 Å². The number of nitrogens with zero attached hydrogens (tertiary/aromatic N) is 2. The molecule has 1 aliphatic carbocycles. The van der Waals surface area contributed by atoms with E-state index in [2.05, 4.69) is 15.0 Å². The fourth-order valence-corrected chi connectivity index (χ4v) is 8.66. The first-order valence-electron chi connectivity index (χ1n) is 21.6. The van der Waals surface area contributed by atoms with E-state index in [1.807, 2.05) is 0 Å². The summed E-state index contributed by atoms with van der Waals surface area (Å²) in [5.41, 5.74) is -6.19. The Morgan fingerprint density at radius 3 is 1.53 bits per heavy atom. The first-order chi connectivity index (χ1) is 34.4. The number of fused-ring (bicyclic) bond motifs is 6. The molecule has 9 N–H and O–H groups in total. The van der Waals surface area contributed by atoms with E-state index in [1.165, 1.54) is 78.9 Å². The van der Waals surface area contributed by atoms with Crippen LogP contribution in [0.25, 0.3) is 22.3 Å². The molecule has 0 spiro atoms. The van der Waals surface area contributed by atoms with Gasteiger partial charge < -0.3 is 55.3 Å². The Morgan fingerprint density at radius 1 is 0.556 bits per heavy atom. The minimum Gasteiger partial charge on any atom is -0.508 e. The number of nitrogens with one attached hydrogen (secondary N) is 1. The van der Waals surface area contributed by atoms with Crippen molar-refractivity contribution in [1.29, 1.82) is 0 Å². The van der Waals surface area contributed by atoms with Crippen LogP contribution in [0.4, 0.5) is 35.1 Å². The van der Waals surface area contributed by atoms with Crippen LogP contribution in [0.5, 0.6) is 23.0 Å². The van der Waals surface area contributed by atoms with Crippen molar-refractivity contribution in [3.8, 4) is 23.0 Å². The van der Waals surface area contributed by atoms with Crippen LogP contribution in [-0.2, 0) is 0 Å². The van der Waals surface area contributed by atoms with Crippen molar-refractivity contribution in [2.24, 2.45) is 9.98 Å². The van der Waals surface area contributed by atoms with Gasteiger partial charge in [-0.15, -0.1) is 0 Å². The average Bonchev–Trinajstić information content (AvgIpc) is 4.20. The number of hydrogen-bond acceptors (Lipinski definition) is 12. The number of aromatic amines is 1. The van der Waals surface area contributed by atoms with Gasteiger partial charge in [-0.2, -0.15) is 17.6 Å². The lowest BCUT2D eigenvalue weighted by Crippen LogP contribution is -2.30. The van der Waals surface area contributed by atoms with Gasteiger partial charge in [0.2, 0.25) is 23.3 Å². The number of halogens is 8. The Labute approximate surface area is 401 Å². The molecule has 72 heavy (non-hydrogen) atoms. The van der Waals surface area contributed by atoms with Crippen LogP contribution in [0.3, 0.4) is 0 Å². The first kappa shape index (κ1) is 49.3. The van der Waals surface area contributed by atoms with Crippen LogP contribution in [0.15, 0.2) is 117 Å². The SMILES string of the molecule is OCC(O)COc1c(F)c(F)c(C2=C3C=CC(=C(c4cccc(O)c4)C4=NC(=C(c5c(F)c(F)c(OCC(O)CO)c(F)c5F)c5ccc([nH]5)C(c5cccc(O)c5)=C5C=CC2=N5)C(O)C4O)C3)c(F)c1F. The number of aliphatic hydroxyl groups excluding tert-OH is 6. The number of phenolic OH excluding ortho intramolecular Hbond substituents is 2. The molecule has 9 rings (SSSR count). The predicted molar refractivity (Wildman–Crippen MR) is 242 cm³/mol. The standard InChI is InChI=1S/C51H37F8N3O10/c52-38-36(39(53)43(57)50(42(38)56)71-18-26(67)16-63)34-23-8-7-22(13-23)32(20-3-1-5-24(65)14-20)46-48(69)49(70)47(62-46)35(37-40(54)44(58)51(45(59)41(37)55)72-19-27(68)17-64)31-12-10-29(61-31)33(28-9-11-30(34)60-28)21-4-2-6-25(66)15-21/h1-12,14-15,26-27,48-49,61,63-70H,13,16-19H2. The van der Waals surface area contributed by atoms with Gasteiger partial charge in [0.05, 0.1) is 47.2 Å². The van der Waals surface area contributed by atoms with Gasteiger partial charge in [0.15, 0.2) is 34.8 Å². The molecule has 372 valence electrons. The van der Waals surface area contributed by atoms with Crippen molar-refractivity contribution in [2.45, 2.75) is 30.8 Å². The van der Waals surface area contributed by atoms with Crippen LogP contribution in [0.2, 0.25) is 0 Å². The van der Waals surface area contributed by atoms with Crippen molar-refractivity contribution < 1.29 is 85.4 Å². The molecule has 4 aromatic carbocycles. The van der Waals surface area contributed by atoms with Crippen molar-refractivity contribution in [2.75, 3.05) is 26.4 Å². The minimum absolute atomic E-state index is 0.0168. The molecule has 5 aromatic rings. The Kier molecular flexibility index (Phi) is 13.4. The molecule has 8 bridgehead atoms. The van der Waals surface area contributed by atoms with Crippen LogP contribution >= 0.6 is 0 Å². The van der Waals surface area contributed by atoms with E-state index in [9.17, 15) is 40.9 Å². The van der Waals surface area contributed by atoms with Gasteiger partial charge in [0, 0.05) is 33.7 Å². The molecule has 0 fully saturated rings. The maximum Gasteiger partial charge on any atom is 0.204 e. The summed E-state index contributed by atoms with van der Waals surface area (Å²) in [7, 11) is 0. The normalized spacial score (nSPS) is 18.4. The van der Waals surface area contributed by atoms with Gasteiger partial charge in [0.1, 0.15) is 49.1 Å². The molecule has 0 amide bonds. The number of allylic oxidation sites excluding steroid dienone is 7. The number of H-pyrrole nitrogens is 1. The van der Waals surface area contributed by atoms with E-state index in [-0.39, 0.29) is 62.0 Å².